The number of benzene rings is 2. The van der Waals surface area contributed by atoms with E-state index in [0.717, 1.165) is 24.2 Å². The van der Waals surface area contributed by atoms with Crippen molar-refractivity contribution in [3.8, 4) is 5.75 Å². The minimum Gasteiger partial charge on any atom is -0.497 e. The summed E-state index contributed by atoms with van der Waals surface area (Å²) < 4.78 is 5.70. The summed E-state index contributed by atoms with van der Waals surface area (Å²) in [4.78, 5) is 27.1. The maximum Gasteiger partial charge on any atom is 0.266 e. The van der Waals surface area contributed by atoms with Gasteiger partial charge in [-0.3, -0.25) is 14.5 Å². The maximum atomic E-state index is 12.7. The molecule has 1 N–H and O–H groups in total. The maximum absolute atomic E-state index is 12.7. The van der Waals surface area contributed by atoms with E-state index in [2.05, 4.69) is 5.32 Å². The molecule has 1 aliphatic heterocycles. The van der Waals surface area contributed by atoms with Gasteiger partial charge in [0.05, 0.1) is 32.8 Å². The van der Waals surface area contributed by atoms with Gasteiger partial charge in [0.15, 0.2) is 0 Å². The molecular formula is C23H21Cl3N2O3S2. The number of carbonyl (C=O) groups excluding carboxylic acids is 2. The van der Waals surface area contributed by atoms with Crippen molar-refractivity contribution in [3.63, 3.8) is 0 Å². The van der Waals surface area contributed by atoms with Gasteiger partial charge in [0.2, 0.25) is 5.91 Å². The largest absolute Gasteiger partial charge is 0.497 e. The lowest BCUT2D eigenvalue weighted by molar-refractivity contribution is -0.122. The van der Waals surface area contributed by atoms with E-state index in [1.165, 1.54) is 23.9 Å². The minimum absolute atomic E-state index is 0.0900. The number of thioether (sulfide) groups is 1. The summed E-state index contributed by atoms with van der Waals surface area (Å²) in [6, 6.07) is 10.5. The van der Waals surface area contributed by atoms with Gasteiger partial charge >= 0.3 is 0 Å². The molecule has 0 bridgehead atoms. The number of ether oxygens (including phenoxy) is 1. The van der Waals surface area contributed by atoms with Crippen LogP contribution >= 0.6 is 58.8 Å². The van der Waals surface area contributed by atoms with Gasteiger partial charge in [0.1, 0.15) is 10.1 Å². The third kappa shape index (κ3) is 7.11. The van der Waals surface area contributed by atoms with Crippen LogP contribution in [0.2, 0.25) is 15.1 Å². The second kappa shape index (κ2) is 12.1. The van der Waals surface area contributed by atoms with E-state index in [-0.39, 0.29) is 11.8 Å². The van der Waals surface area contributed by atoms with Gasteiger partial charge in [-0.2, -0.15) is 0 Å². The van der Waals surface area contributed by atoms with E-state index in [9.17, 15) is 9.59 Å². The molecule has 10 heteroatoms. The van der Waals surface area contributed by atoms with Gasteiger partial charge in [-0.05, 0) is 48.7 Å². The molecule has 0 radical (unpaired) electrons. The molecular weight excluding hydrogens is 523 g/mol. The highest BCUT2D eigenvalue weighted by Gasteiger charge is 2.31. The first kappa shape index (κ1) is 25.8. The lowest BCUT2D eigenvalue weighted by Gasteiger charge is -2.14. The molecule has 2 aromatic rings. The Labute approximate surface area is 217 Å². The number of unbranched alkanes of at least 4 members (excludes halogenated alkanes) is 2. The third-order valence-corrected chi connectivity index (χ3v) is 7.27. The molecule has 1 fully saturated rings. The number of nitrogens with one attached hydrogen (secondary N) is 1. The zero-order chi connectivity index (χ0) is 24.0. The van der Waals surface area contributed by atoms with Gasteiger partial charge in [0, 0.05) is 13.0 Å². The molecule has 5 nitrogen and oxygen atoms in total. The number of hydrogen-bond acceptors (Lipinski definition) is 5. The summed E-state index contributed by atoms with van der Waals surface area (Å²) in [5, 5.41) is 3.72. The molecule has 1 heterocycles. The van der Waals surface area contributed by atoms with Crippen molar-refractivity contribution in [2.45, 2.75) is 25.7 Å². The van der Waals surface area contributed by atoms with Crippen LogP contribution in [0.4, 0.5) is 5.69 Å². The molecule has 0 atom stereocenters. The molecule has 33 heavy (non-hydrogen) atoms. The van der Waals surface area contributed by atoms with E-state index in [1.54, 1.807) is 12.0 Å². The van der Waals surface area contributed by atoms with Crippen molar-refractivity contribution in [1.82, 2.24) is 4.90 Å². The van der Waals surface area contributed by atoms with Gasteiger partial charge in [0.25, 0.3) is 5.91 Å². The van der Waals surface area contributed by atoms with E-state index >= 15 is 0 Å². The molecule has 1 saturated heterocycles. The second-order valence-electron chi connectivity index (χ2n) is 7.21. The fourth-order valence-corrected chi connectivity index (χ4v) is 5.01. The molecule has 3 rings (SSSR count). The van der Waals surface area contributed by atoms with Gasteiger partial charge in [-0.25, -0.2) is 0 Å². The van der Waals surface area contributed by atoms with Crippen LogP contribution in [-0.4, -0.2) is 34.7 Å². The summed E-state index contributed by atoms with van der Waals surface area (Å²) in [5.74, 6) is 0.504. The van der Waals surface area contributed by atoms with Crippen molar-refractivity contribution in [2.75, 3.05) is 19.0 Å². The number of amides is 2. The van der Waals surface area contributed by atoms with Crippen molar-refractivity contribution in [3.05, 3.63) is 61.9 Å². The zero-order valence-corrected chi connectivity index (χ0v) is 21.6. The van der Waals surface area contributed by atoms with Crippen molar-refractivity contribution in [1.29, 1.82) is 0 Å². The van der Waals surface area contributed by atoms with E-state index in [0.29, 0.717) is 49.4 Å². The Hall–Kier alpha value is -1.77. The number of carbonyl (C=O) groups is 2. The number of rotatable bonds is 9. The van der Waals surface area contributed by atoms with Gasteiger partial charge in [-0.1, -0.05) is 77.3 Å². The first-order chi connectivity index (χ1) is 15.8. The van der Waals surface area contributed by atoms with Crippen molar-refractivity contribution in [2.24, 2.45) is 0 Å². The fraction of sp³-hybridized carbons (Fsp3) is 0.261. The highest BCUT2D eigenvalue weighted by atomic mass is 35.5. The number of thiocarbonyl (C=S) groups is 1. The van der Waals surface area contributed by atoms with Crippen LogP contribution in [0.15, 0.2) is 41.3 Å². The first-order valence-electron chi connectivity index (χ1n) is 10.1. The Kier molecular flexibility index (Phi) is 9.47. The minimum atomic E-state index is -0.164. The first-order valence-corrected chi connectivity index (χ1v) is 12.5. The number of methoxy groups -OCH3 is 1. The Bertz CT molecular complexity index is 1090. The highest BCUT2D eigenvalue weighted by molar-refractivity contribution is 8.26. The fourth-order valence-electron chi connectivity index (χ4n) is 3.11. The molecule has 174 valence electrons. The lowest BCUT2D eigenvalue weighted by atomic mass is 10.1. The van der Waals surface area contributed by atoms with Crippen LogP contribution in [0, 0.1) is 0 Å². The molecule has 0 saturated carbocycles. The number of anilines is 1. The Morgan fingerprint density at radius 3 is 2.48 bits per heavy atom. The van der Waals surface area contributed by atoms with Gasteiger partial charge in [-0.15, -0.1) is 0 Å². The van der Waals surface area contributed by atoms with Crippen LogP contribution in [0.3, 0.4) is 0 Å². The normalized spacial score (nSPS) is 14.8. The topological polar surface area (TPSA) is 58.6 Å². The van der Waals surface area contributed by atoms with Crippen LogP contribution < -0.4 is 10.1 Å². The van der Waals surface area contributed by atoms with Crippen LogP contribution in [0.25, 0.3) is 6.08 Å². The SMILES string of the molecule is COc1ccc(C=C2SC(=S)N(CCCCCC(=O)Nc3cc(Cl)c(Cl)cc3Cl)C2=O)cc1. The predicted molar refractivity (Wildman–Crippen MR) is 141 cm³/mol. The van der Waals surface area contributed by atoms with Gasteiger partial charge < -0.3 is 10.1 Å². The zero-order valence-electron chi connectivity index (χ0n) is 17.7. The third-order valence-electron chi connectivity index (χ3n) is 4.86. The monoisotopic (exact) mass is 542 g/mol. The summed E-state index contributed by atoms with van der Waals surface area (Å²) in [5.41, 5.74) is 1.33. The molecule has 1 aliphatic rings. The second-order valence-corrected chi connectivity index (χ2v) is 10.1. The van der Waals surface area contributed by atoms with Crippen LogP contribution in [0.5, 0.6) is 5.75 Å². The smallest absolute Gasteiger partial charge is 0.266 e. The lowest BCUT2D eigenvalue weighted by Crippen LogP contribution is -2.29. The molecule has 2 aromatic carbocycles. The number of nitrogens with zero attached hydrogens (tertiary/aromatic N) is 1. The highest BCUT2D eigenvalue weighted by Crippen LogP contribution is 2.34. The quantitative estimate of drug-likeness (QED) is 0.159. The Morgan fingerprint density at radius 1 is 1.09 bits per heavy atom. The van der Waals surface area contributed by atoms with E-state index in [1.807, 2.05) is 30.3 Å². The number of hydrogen-bond donors (Lipinski definition) is 1. The van der Waals surface area contributed by atoms with Crippen molar-refractivity contribution < 1.29 is 14.3 Å². The van der Waals surface area contributed by atoms with Crippen molar-refractivity contribution >= 4 is 86.7 Å². The average molecular weight is 544 g/mol. The molecule has 0 spiro atoms. The standard InChI is InChI=1S/C23H21Cl3N2O3S2/c1-31-15-8-6-14(7-9-15)11-20-22(30)28(23(32)33-20)10-4-2-3-5-21(29)27-19-13-17(25)16(24)12-18(19)26/h6-9,11-13H,2-5,10H2,1H3,(H,27,29). The Balaban J connectivity index is 1.43. The average Bonchev–Trinajstić information content (AvgIpc) is 3.05. The molecule has 0 aromatic heterocycles. The van der Waals surface area contributed by atoms with E-state index < -0.39 is 0 Å². The van der Waals surface area contributed by atoms with Crippen LogP contribution in [0.1, 0.15) is 31.2 Å². The molecule has 0 unspecified atom stereocenters. The molecule has 0 aliphatic carbocycles. The summed E-state index contributed by atoms with van der Waals surface area (Å²) in [7, 11) is 1.61. The summed E-state index contributed by atoms with van der Waals surface area (Å²) in [6.07, 6.45) is 4.34. The number of halogens is 3. The molecule has 2 amide bonds. The summed E-state index contributed by atoms with van der Waals surface area (Å²) >= 11 is 24.6. The van der Waals surface area contributed by atoms with E-state index in [4.69, 9.17) is 51.8 Å². The predicted octanol–water partition coefficient (Wildman–Crippen LogP) is 7.06. The van der Waals surface area contributed by atoms with Crippen LogP contribution in [-0.2, 0) is 9.59 Å². The Morgan fingerprint density at radius 2 is 1.79 bits per heavy atom. The summed E-state index contributed by atoms with van der Waals surface area (Å²) in [6.45, 7) is 0.519.